The second kappa shape index (κ2) is 12.3. The molecule has 1 aromatic carbocycles. The Labute approximate surface area is 245 Å². The Morgan fingerprint density at radius 1 is 1.17 bits per heavy atom. The normalized spacial score (nSPS) is 13.1. The number of nitrogens with one attached hydrogen (secondary N) is 2. The van der Waals surface area contributed by atoms with Crippen molar-refractivity contribution in [1.82, 2.24) is 20.1 Å². The number of esters is 1. The Morgan fingerprint density at radius 2 is 2.00 bits per heavy atom. The number of ether oxygens (including phenoxy) is 1. The molecule has 0 saturated carbocycles. The van der Waals surface area contributed by atoms with Crippen molar-refractivity contribution >= 4 is 45.9 Å². The van der Waals surface area contributed by atoms with Crippen LogP contribution in [0.1, 0.15) is 68.6 Å². The van der Waals surface area contributed by atoms with Gasteiger partial charge in [-0.15, -0.1) is 21.5 Å². The molecule has 4 aromatic rings. The van der Waals surface area contributed by atoms with Gasteiger partial charge in [0.1, 0.15) is 5.00 Å². The number of benzene rings is 1. The van der Waals surface area contributed by atoms with Crippen LogP contribution < -0.4 is 10.6 Å². The number of anilines is 1. The lowest BCUT2D eigenvalue weighted by Crippen LogP contribution is -2.25. The van der Waals surface area contributed by atoms with Crippen LogP contribution in [-0.2, 0) is 28.9 Å². The molecule has 12 heteroatoms. The van der Waals surface area contributed by atoms with Gasteiger partial charge in [-0.3, -0.25) is 14.2 Å². The third-order valence-corrected chi connectivity index (χ3v) is 9.21. The van der Waals surface area contributed by atoms with Crippen molar-refractivity contribution in [2.45, 2.75) is 63.9 Å². The van der Waals surface area contributed by atoms with E-state index in [0.29, 0.717) is 21.5 Å². The molecule has 41 heavy (non-hydrogen) atoms. The lowest BCUT2D eigenvalue weighted by atomic mass is 10.1. The summed E-state index contributed by atoms with van der Waals surface area (Å²) in [7, 11) is 0. The van der Waals surface area contributed by atoms with Crippen LogP contribution in [0.15, 0.2) is 46.2 Å². The fraction of sp³-hybridized carbons (Fsp3) is 0.345. The number of carbonyl (C=O) groups excluding carboxylic acids is 3. The SMILES string of the molecule is CCOC(=O)c1c(NC(=O)[C@H](C)Sc2nnc(CNC(=O)c3ccco3)n2-c2cccc(C)c2C)sc2c1CCC2. The van der Waals surface area contributed by atoms with Gasteiger partial charge in [0, 0.05) is 4.88 Å². The molecule has 0 saturated heterocycles. The first-order valence-corrected chi connectivity index (χ1v) is 15.1. The van der Waals surface area contributed by atoms with E-state index in [1.54, 1.807) is 26.0 Å². The molecule has 2 N–H and O–H groups in total. The van der Waals surface area contributed by atoms with Crippen molar-refractivity contribution < 1.29 is 23.5 Å². The first-order valence-electron chi connectivity index (χ1n) is 13.4. The maximum Gasteiger partial charge on any atom is 0.341 e. The third-order valence-electron chi connectivity index (χ3n) is 6.96. The molecule has 0 fully saturated rings. The summed E-state index contributed by atoms with van der Waals surface area (Å²) in [5.41, 5.74) is 4.42. The quantitative estimate of drug-likeness (QED) is 0.188. The molecule has 5 rings (SSSR count). The van der Waals surface area contributed by atoms with Gasteiger partial charge in [-0.05, 0) is 81.8 Å². The molecule has 0 unspecified atom stereocenters. The van der Waals surface area contributed by atoms with Crippen LogP contribution in [0.25, 0.3) is 5.69 Å². The second-order valence-electron chi connectivity index (χ2n) is 9.64. The molecular formula is C29H31N5O5S2. The number of carbonyl (C=O) groups is 3. The second-order valence-corrected chi connectivity index (χ2v) is 12.1. The number of nitrogens with zero attached hydrogens (tertiary/aromatic N) is 3. The van der Waals surface area contributed by atoms with Gasteiger partial charge < -0.3 is 19.8 Å². The largest absolute Gasteiger partial charge is 0.462 e. The molecular weight excluding hydrogens is 562 g/mol. The van der Waals surface area contributed by atoms with Gasteiger partial charge >= 0.3 is 5.97 Å². The number of fused-ring (bicyclic) bond motifs is 1. The summed E-state index contributed by atoms with van der Waals surface area (Å²) < 4.78 is 12.4. The van der Waals surface area contributed by atoms with E-state index in [2.05, 4.69) is 20.8 Å². The fourth-order valence-corrected chi connectivity index (χ4v) is 6.86. The van der Waals surface area contributed by atoms with Crippen molar-refractivity contribution in [2.75, 3.05) is 11.9 Å². The standard InChI is InChI=1S/C29H31N5O5S2/c1-5-38-28(37)24-19-10-7-13-22(19)41-27(24)31-25(35)18(4)40-29-33-32-23(15-30-26(36)21-12-8-14-39-21)34(29)20-11-6-9-16(2)17(20)3/h6,8-9,11-12,14,18H,5,7,10,13,15H2,1-4H3,(H,30,36)(H,31,35)/t18-/m0/s1. The first-order chi connectivity index (χ1) is 19.8. The van der Waals surface area contributed by atoms with E-state index in [1.165, 1.54) is 29.4 Å². The van der Waals surface area contributed by atoms with Crippen molar-refractivity contribution in [3.8, 4) is 5.69 Å². The lowest BCUT2D eigenvalue weighted by Gasteiger charge is -2.16. The van der Waals surface area contributed by atoms with Crippen molar-refractivity contribution in [3.05, 3.63) is 75.3 Å². The Balaban J connectivity index is 1.39. The topological polar surface area (TPSA) is 128 Å². The molecule has 0 spiro atoms. The van der Waals surface area contributed by atoms with Crippen LogP contribution >= 0.6 is 23.1 Å². The van der Waals surface area contributed by atoms with Gasteiger partial charge in [0.25, 0.3) is 5.91 Å². The number of rotatable bonds is 10. The van der Waals surface area contributed by atoms with Crippen LogP contribution in [0, 0.1) is 13.8 Å². The highest BCUT2D eigenvalue weighted by molar-refractivity contribution is 8.00. The van der Waals surface area contributed by atoms with E-state index in [9.17, 15) is 14.4 Å². The molecule has 10 nitrogen and oxygen atoms in total. The molecule has 2 amide bonds. The zero-order valence-corrected chi connectivity index (χ0v) is 24.9. The summed E-state index contributed by atoms with van der Waals surface area (Å²) in [6.07, 6.45) is 4.13. The van der Waals surface area contributed by atoms with E-state index >= 15 is 0 Å². The number of aryl methyl sites for hydroxylation is 2. The highest BCUT2D eigenvalue weighted by atomic mass is 32.2. The lowest BCUT2D eigenvalue weighted by molar-refractivity contribution is -0.115. The molecule has 0 aliphatic heterocycles. The average molecular weight is 594 g/mol. The van der Waals surface area contributed by atoms with Crippen molar-refractivity contribution in [2.24, 2.45) is 0 Å². The summed E-state index contributed by atoms with van der Waals surface area (Å²) in [5.74, 6) is -0.327. The van der Waals surface area contributed by atoms with Crippen LogP contribution in [-0.4, -0.2) is 44.4 Å². The van der Waals surface area contributed by atoms with Crippen LogP contribution in [0.3, 0.4) is 0 Å². The summed E-state index contributed by atoms with van der Waals surface area (Å²) in [4.78, 5) is 39.8. The summed E-state index contributed by atoms with van der Waals surface area (Å²) in [5, 5.41) is 15.0. The average Bonchev–Trinajstić information content (AvgIpc) is 3.74. The van der Waals surface area contributed by atoms with Crippen molar-refractivity contribution in [1.29, 1.82) is 0 Å². The van der Waals surface area contributed by atoms with E-state index in [0.717, 1.165) is 46.5 Å². The number of hydrogen-bond donors (Lipinski definition) is 2. The molecule has 1 aliphatic rings. The summed E-state index contributed by atoms with van der Waals surface area (Å²) in [6.45, 7) is 7.94. The molecule has 0 bridgehead atoms. The Bertz CT molecular complexity index is 1590. The summed E-state index contributed by atoms with van der Waals surface area (Å²) >= 11 is 2.70. The summed E-state index contributed by atoms with van der Waals surface area (Å²) in [6, 6.07) is 9.15. The molecule has 3 aromatic heterocycles. The maximum atomic E-state index is 13.4. The molecule has 1 aliphatic carbocycles. The number of amides is 2. The Kier molecular flexibility index (Phi) is 8.60. The highest BCUT2D eigenvalue weighted by Gasteiger charge is 2.30. The minimum Gasteiger partial charge on any atom is -0.462 e. The Hall–Kier alpha value is -3.90. The molecule has 3 heterocycles. The van der Waals surface area contributed by atoms with Gasteiger partial charge in [-0.1, -0.05) is 23.9 Å². The number of furan rings is 1. The fourth-order valence-electron chi connectivity index (χ4n) is 4.70. The highest BCUT2D eigenvalue weighted by Crippen LogP contribution is 2.40. The number of thiophene rings is 1. The van der Waals surface area contributed by atoms with E-state index in [1.807, 2.05) is 36.6 Å². The van der Waals surface area contributed by atoms with E-state index in [4.69, 9.17) is 9.15 Å². The van der Waals surface area contributed by atoms with Gasteiger partial charge in [0.15, 0.2) is 16.7 Å². The zero-order valence-electron chi connectivity index (χ0n) is 23.3. The van der Waals surface area contributed by atoms with Crippen LogP contribution in [0.2, 0.25) is 0 Å². The predicted octanol–water partition coefficient (Wildman–Crippen LogP) is 5.25. The molecule has 214 valence electrons. The van der Waals surface area contributed by atoms with Crippen LogP contribution in [0.5, 0.6) is 0 Å². The number of hydrogen-bond acceptors (Lipinski definition) is 9. The van der Waals surface area contributed by atoms with Gasteiger partial charge in [0.2, 0.25) is 5.91 Å². The van der Waals surface area contributed by atoms with Gasteiger partial charge in [-0.25, -0.2) is 4.79 Å². The smallest absolute Gasteiger partial charge is 0.341 e. The maximum absolute atomic E-state index is 13.4. The van der Waals surface area contributed by atoms with Crippen LogP contribution in [0.4, 0.5) is 5.00 Å². The van der Waals surface area contributed by atoms with E-state index < -0.39 is 11.2 Å². The van der Waals surface area contributed by atoms with Gasteiger partial charge in [0.05, 0.1) is 35.9 Å². The van der Waals surface area contributed by atoms with E-state index in [-0.39, 0.29) is 30.7 Å². The zero-order chi connectivity index (χ0) is 29.1. The number of thioether (sulfide) groups is 1. The molecule has 1 atom stereocenters. The Morgan fingerprint density at radius 3 is 2.76 bits per heavy atom. The van der Waals surface area contributed by atoms with Crippen molar-refractivity contribution in [3.63, 3.8) is 0 Å². The number of aromatic nitrogens is 3. The molecule has 0 radical (unpaired) electrons. The third kappa shape index (κ3) is 5.94. The monoisotopic (exact) mass is 593 g/mol. The minimum absolute atomic E-state index is 0.102. The minimum atomic E-state index is -0.569. The van der Waals surface area contributed by atoms with Gasteiger partial charge in [-0.2, -0.15) is 0 Å². The first kappa shape index (κ1) is 28.6. The predicted molar refractivity (Wildman–Crippen MR) is 157 cm³/mol.